The monoisotopic (exact) mass is 951 g/mol. The van der Waals surface area contributed by atoms with Crippen LogP contribution in [-0.2, 0) is 113 Å². The van der Waals surface area contributed by atoms with Crippen LogP contribution in [0.1, 0.15) is 0 Å². The number of rotatable bonds is 1. The third kappa shape index (κ3) is 5.87. The van der Waals surface area contributed by atoms with Crippen LogP contribution in [0.15, 0.2) is 89.3 Å². The van der Waals surface area contributed by atoms with E-state index in [0.29, 0.717) is 0 Å². The summed E-state index contributed by atoms with van der Waals surface area (Å²) in [6.45, 7) is 0. The van der Waals surface area contributed by atoms with Crippen molar-refractivity contribution in [3.8, 4) is 5.69 Å². The molecule has 2 heterocycles. The number of hydrogen-bond donors (Lipinski definition) is 2. The second-order valence-corrected chi connectivity index (χ2v) is 6.88. The summed E-state index contributed by atoms with van der Waals surface area (Å²) in [7, 11) is 0. The Hall–Kier alpha value is 0.239. The molecule has 0 aliphatic rings. The molecule has 0 saturated heterocycles. The van der Waals surface area contributed by atoms with Gasteiger partial charge in [-0.25, -0.2) is 0 Å². The van der Waals surface area contributed by atoms with E-state index in [-0.39, 0.29) is 102 Å². The molecule has 0 bridgehead atoms. The van der Waals surface area contributed by atoms with E-state index in [1.165, 1.54) is 5.39 Å². The van der Waals surface area contributed by atoms with Gasteiger partial charge in [-0.05, 0) is 42.5 Å². The third-order valence-electron chi connectivity index (χ3n) is 5.32. The van der Waals surface area contributed by atoms with E-state index >= 15 is 0 Å². The first-order valence-corrected chi connectivity index (χ1v) is 10.6. The van der Waals surface area contributed by atoms with Gasteiger partial charge in [-0.3, -0.25) is 0 Å². The summed E-state index contributed by atoms with van der Waals surface area (Å²) in [6, 6.07) is 29.0. The Labute approximate surface area is 276 Å². The Balaban J connectivity index is 0.00000152. The van der Waals surface area contributed by atoms with Crippen LogP contribution in [0.4, 0.5) is 5.69 Å². The minimum atomic E-state index is 0. The van der Waals surface area contributed by atoms with Crippen LogP contribution in [0.5, 0.6) is 0 Å². The molecule has 0 aliphatic heterocycles. The summed E-state index contributed by atoms with van der Waals surface area (Å²) in [4.78, 5) is 0. The Kier molecular flexibility index (Phi) is 15.0. The summed E-state index contributed by atoms with van der Waals surface area (Å²) in [5.41, 5.74) is 12.1. The minimum Gasteiger partial charge on any atom is -0.813 e. The van der Waals surface area contributed by atoms with Gasteiger partial charge in [0.25, 0.3) is 0 Å². The van der Waals surface area contributed by atoms with Gasteiger partial charge in [-0.15, -0.1) is 0 Å². The van der Waals surface area contributed by atoms with Crippen molar-refractivity contribution in [3.05, 3.63) is 84.9 Å². The van der Waals surface area contributed by atoms with E-state index in [4.69, 9.17) is 10.2 Å². The van der Waals surface area contributed by atoms with Gasteiger partial charge >= 0.3 is 21.1 Å². The van der Waals surface area contributed by atoms with Crippen LogP contribution in [0, 0.1) is 0 Å². The Morgan fingerprint density at radius 2 is 1.26 bits per heavy atom. The fourth-order valence-corrected chi connectivity index (χ4v) is 4.19. The van der Waals surface area contributed by atoms with Crippen LogP contribution in [0.2, 0.25) is 0 Å². The van der Waals surface area contributed by atoms with Crippen molar-refractivity contribution in [3.63, 3.8) is 0 Å². The molecule has 2 aromatic heterocycles. The van der Waals surface area contributed by atoms with Gasteiger partial charge in [0.05, 0.1) is 22.1 Å². The second-order valence-electron chi connectivity index (χ2n) is 6.88. The average molecular weight is 954 g/mol. The number of thiol groups is 2. The number of nitrogens with two attached hydrogens (primary N) is 1. The van der Waals surface area contributed by atoms with E-state index in [2.05, 4.69) is 88.6 Å². The molecule has 4 aromatic carbocycles. The summed E-state index contributed by atoms with van der Waals surface area (Å²) < 4.78 is 8.41. The van der Waals surface area contributed by atoms with Crippen molar-refractivity contribution in [1.29, 1.82) is 0 Å². The van der Waals surface area contributed by atoms with Crippen molar-refractivity contribution in [2.75, 3.05) is 5.73 Å². The first-order valence-electron chi connectivity index (χ1n) is 9.19. The smallest absolute Gasteiger partial charge is 0.813 e. The zero-order valence-electron chi connectivity index (χ0n) is 17.1. The molecule has 2 N–H and O–H groups in total. The molecular formula is C24H18Ag3N2OS3W. The van der Waals surface area contributed by atoms with E-state index in [9.17, 15) is 0 Å². The molecule has 6 aromatic rings. The molecule has 0 amide bonds. The van der Waals surface area contributed by atoms with Crippen LogP contribution < -0.4 is 5.73 Å². The summed E-state index contributed by atoms with van der Waals surface area (Å²) in [6.07, 6.45) is 0. The maximum atomic E-state index is 6.10. The zero-order valence-corrected chi connectivity index (χ0v) is 27.1. The molecule has 34 heavy (non-hydrogen) atoms. The normalized spacial score (nSPS) is 9.59. The summed E-state index contributed by atoms with van der Waals surface area (Å²) in [5.74, 6) is 0. The summed E-state index contributed by atoms with van der Waals surface area (Å²) in [5, 5.41) is 4.62. The first kappa shape index (κ1) is 34.2. The van der Waals surface area contributed by atoms with E-state index in [1.807, 2.05) is 24.3 Å². The van der Waals surface area contributed by atoms with Crippen LogP contribution in [-0.4, -0.2) is 4.57 Å². The number of fused-ring (bicyclic) bond motifs is 6. The minimum absolute atomic E-state index is 0. The number of para-hydroxylation sites is 2. The fourth-order valence-electron chi connectivity index (χ4n) is 4.19. The molecule has 0 fully saturated rings. The molecule has 0 unspecified atom stereocenters. The molecule has 3 radical (unpaired) electrons. The number of hydrogen-bond acceptors (Lipinski definition) is 5. The molecule has 187 valence electrons. The number of benzene rings is 4. The molecule has 0 saturated carbocycles. The Morgan fingerprint density at radius 1 is 0.676 bits per heavy atom. The molecule has 0 atom stereocenters. The van der Waals surface area contributed by atoms with Gasteiger partial charge in [0.2, 0.25) is 0 Å². The van der Waals surface area contributed by atoms with Crippen LogP contribution in [0.3, 0.4) is 0 Å². The zero-order chi connectivity index (χ0) is 20.0. The predicted octanol–water partition coefficient (Wildman–Crippen LogP) is 6.36. The molecule has 10 heteroatoms. The number of aromatic nitrogens is 1. The molecule has 0 spiro atoms. The molecular weight excluding hydrogens is 936 g/mol. The average Bonchev–Trinajstić information content (AvgIpc) is 3.31. The SMILES string of the molecule is Nc1ccc2c(c1)c1ccccc1n2-c1cccc2oc3ccccc3c12.[Ag].[Ag].[Ag].[S-]S.[SH-].[W+2]. The van der Waals surface area contributed by atoms with Gasteiger partial charge < -0.3 is 51.5 Å². The maximum absolute atomic E-state index is 6.10. The third-order valence-corrected chi connectivity index (χ3v) is 5.32. The van der Waals surface area contributed by atoms with Crippen LogP contribution in [0.25, 0.3) is 49.4 Å². The standard InChI is InChI=1S/C24H16N2O.3Ag.H2S2.H2S.W/c25-15-12-13-20-18(14-15)16-6-1-3-8-19(16)26(20)21-9-5-11-23-24(21)17-7-2-4-10-22(17)27-23;;;;1-2;;/h1-14H,25H2;;;;1-2H;1H2;/q;;;;;;+2/p-2. The van der Waals surface area contributed by atoms with Gasteiger partial charge in [-0.2, -0.15) is 0 Å². The van der Waals surface area contributed by atoms with Crippen LogP contribution >= 0.6 is 11.7 Å². The molecule has 0 aliphatic carbocycles. The van der Waals surface area contributed by atoms with Gasteiger partial charge in [-0.1, -0.05) is 42.5 Å². The largest absolute Gasteiger partial charge is 2.00 e. The van der Waals surface area contributed by atoms with Gasteiger partial charge in [0, 0.05) is 89.0 Å². The Morgan fingerprint density at radius 3 is 2.00 bits per heavy atom. The summed E-state index contributed by atoms with van der Waals surface area (Å²) >= 11 is 6.89. The van der Waals surface area contributed by atoms with Crippen molar-refractivity contribution >= 4 is 86.2 Å². The number of anilines is 1. The van der Waals surface area contributed by atoms with Gasteiger partial charge in [0.15, 0.2) is 0 Å². The Bertz CT molecular complexity index is 1520. The maximum Gasteiger partial charge on any atom is 2.00 e. The molecule has 3 nitrogen and oxygen atoms in total. The van der Waals surface area contributed by atoms with E-state index in [1.54, 1.807) is 0 Å². The number of nitrogens with zero attached hydrogens (tertiary/aromatic N) is 1. The van der Waals surface area contributed by atoms with Crippen molar-refractivity contribution in [2.24, 2.45) is 0 Å². The number of nitrogen functional groups attached to an aromatic ring is 1. The first-order chi connectivity index (χ1) is 14.3. The fraction of sp³-hybridized carbons (Fsp3) is 0. The van der Waals surface area contributed by atoms with Gasteiger partial charge in [0.1, 0.15) is 11.2 Å². The van der Waals surface area contributed by atoms with Crippen molar-refractivity contribution in [1.82, 2.24) is 4.57 Å². The van der Waals surface area contributed by atoms with E-state index in [0.717, 1.165) is 49.7 Å². The predicted molar refractivity (Wildman–Crippen MR) is 138 cm³/mol. The molecule has 6 rings (SSSR count). The van der Waals surface area contributed by atoms with E-state index < -0.39 is 0 Å². The topological polar surface area (TPSA) is 44.1 Å². The van der Waals surface area contributed by atoms with Crippen molar-refractivity contribution < 1.29 is 92.6 Å². The number of furan rings is 1. The quantitative estimate of drug-likeness (QED) is 0.0663. The van der Waals surface area contributed by atoms with Crippen molar-refractivity contribution in [2.45, 2.75) is 0 Å². The second kappa shape index (κ2) is 14.8.